The van der Waals surface area contributed by atoms with Crippen LogP contribution in [0.4, 0.5) is 0 Å². The van der Waals surface area contributed by atoms with Crippen LogP contribution in [-0.4, -0.2) is 0 Å². The van der Waals surface area contributed by atoms with Crippen LogP contribution in [0.3, 0.4) is 0 Å². The fourth-order valence-corrected chi connectivity index (χ4v) is 3.01. The average Bonchev–Trinajstić information content (AvgIpc) is 2.46. The highest BCUT2D eigenvalue weighted by molar-refractivity contribution is 5.73. The predicted molar refractivity (Wildman–Crippen MR) is 98.9 cm³/mol. The number of hydrogen-bond donors (Lipinski definition) is 0. The van der Waals surface area contributed by atoms with E-state index in [4.69, 9.17) is 0 Å². The molecule has 0 aliphatic heterocycles. The SMILES string of the molecule is Cc1ccc(-c2c(C(C)C)cc(C(C)C)cc2C(C)C)cc1. The molecule has 0 N–H and O–H groups in total. The van der Waals surface area contributed by atoms with Crippen molar-refractivity contribution in [3.63, 3.8) is 0 Å². The molecule has 0 aliphatic rings. The van der Waals surface area contributed by atoms with Crippen molar-refractivity contribution in [3.8, 4) is 11.1 Å². The van der Waals surface area contributed by atoms with E-state index < -0.39 is 0 Å². The van der Waals surface area contributed by atoms with Gasteiger partial charge in [-0.3, -0.25) is 0 Å². The lowest BCUT2D eigenvalue weighted by Gasteiger charge is -2.23. The standard InChI is InChI=1S/C22H30/c1-14(2)19-12-20(15(3)4)22(21(13-19)16(5)6)18-10-8-17(7)9-11-18/h8-16H,1-7H3. The lowest BCUT2D eigenvalue weighted by Crippen LogP contribution is -2.03. The van der Waals surface area contributed by atoms with Gasteiger partial charge in [-0.25, -0.2) is 0 Å². The Kier molecular flexibility index (Phi) is 5.11. The third-order valence-electron chi connectivity index (χ3n) is 4.47. The van der Waals surface area contributed by atoms with Crippen LogP contribution >= 0.6 is 0 Å². The summed E-state index contributed by atoms with van der Waals surface area (Å²) in [5.41, 5.74) is 8.56. The van der Waals surface area contributed by atoms with Gasteiger partial charge in [0, 0.05) is 0 Å². The number of aryl methyl sites for hydroxylation is 1. The van der Waals surface area contributed by atoms with Crippen LogP contribution in [0.1, 0.15) is 81.5 Å². The monoisotopic (exact) mass is 294 g/mol. The van der Waals surface area contributed by atoms with E-state index in [1.54, 1.807) is 0 Å². The third kappa shape index (κ3) is 3.43. The minimum absolute atomic E-state index is 0.535. The van der Waals surface area contributed by atoms with E-state index >= 15 is 0 Å². The summed E-state index contributed by atoms with van der Waals surface area (Å²) in [6.45, 7) is 16.0. The Bertz CT molecular complexity index is 599. The summed E-state index contributed by atoms with van der Waals surface area (Å²) in [4.78, 5) is 0. The summed E-state index contributed by atoms with van der Waals surface area (Å²) in [5.74, 6) is 1.64. The van der Waals surface area contributed by atoms with Crippen LogP contribution in [0.25, 0.3) is 11.1 Å². The van der Waals surface area contributed by atoms with Gasteiger partial charge in [-0.2, -0.15) is 0 Å². The molecule has 2 aromatic rings. The van der Waals surface area contributed by atoms with Gasteiger partial charge in [-0.05, 0) is 52.5 Å². The minimum Gasteiger partial charge on any atom is -0.0587 e. The zero-order valence-corrected chi connectivity index (χ0v) is 15.2. The summed E-state index contributed by atoms with van der Waals surface area (Å²) in [5, 5.41) is 0. The molecule has 0 fully saturated rings. The molecule has 0 spiro atoms. The van der Waals surface area contributed by atoms with Crippen molar-refractivity contribution >= 4 is 0 Å². The molecule has 22 heavy (non-hydrogen) atoms. The number of rotatable bonds is 4. The molecule has 0 aliphatic carbocycles. The van der Waals surface area contributed by atoms with Crippen molar-refractivity contribution in [1.29, 1.82) is 0 Å². The topological polar surface area (TPSA) is 0 Å². The molecule has 2 aromatic carbocycles. The molecule has 0 atom stereocenters. The van der Waals surface area contributed by atoms with Crippen LogP contribution in [0.15, 0.2) is 36.4 Å². The van der Waals surface area contributed by atoms with Crippen LogP contribution in [-0.2, 0) is 0 Å². The summed E-state index contributed by atoms with van der Waals surface area (Å²) in [7, 11) is 0. The van der Waals surface area contributed by atoms with Gasteiger partial charge >= 0.3 is 0 Å². The Hall–Kier alpha value is -1.56. The molecule has 0 amide bonds. The van der Waals surface area contributed by atoms with Gasteiger partial charge in [0.25, 0.3) is 0 Å². The van der Waals surface area contributed by atoms with E-state index in [-0.39, 0.29) is 0 Å². The van der Waals surface area contributed by atoms with E-state index in [0.717, 1.165) is 0 Å². The first-order valence-corrected chi connectivity index (χ1v) is 8.56. The van der Waals surface area contributed by atoms with Crippen molar-refractivity contribution in [2.75, 3.05) is 0 Å². The average molecular weight is 294 g/mol. The first-order valence-electron chi connectivity index (χ1n) is 8.56. The second-order valence-electron chi connectivity index (χ2n) is 7.40. The van der Waals surface area contributed by atoms with Gasteiger partial charge in [0.15, 0.2) is 0 Å². The first kappa shape index (κ1) is 16.8. The van der Waals surface area contributed by atoms with Crippen LogP contribution in [0.2, 0.25) is 0 Å². The highest BCUT2D eigenvalue weighted by Crippen LogP contribution is 2.38. The zero-order valence-electron chi connectivity index (χ0n) is 15.2. The van der Waals surface area contributed by atoms with Gasteiger partial charge < -0.3 is 0 Å². The second-order valence-corrected chi connectivity index (χ2v) is 7.40. The fraction of sp³-hybridized carbons (Fsp3) is 0.455. The third-order valence-corrected chi connectivity index (χ3v) is 4.47. The normalized spacial score (nSPS) is 11.7. The molecule has 0 unspecified atom stereocenters. The van der Waals surface area contributed by atoms with E-state index in [2.05, 4.69) is 84.9 Å². The summed E-state index contributed by atoms with van der Waals surface area (Å²) in [6.07, 6.45) is 0. The fourth-order valence-electron chi connectivity index (χ4n) is 3.01. The quantitative estimate of drug-likeness (QED) is 0.567. The van der Waals surface area contributed by atoms with Gasteiger partial charge in [-0.15, -0.1) is 0 Å². The molecule has 2 rings (SSSR count). The Labute approximate surface area is 136 Å². The van der Waals surface area contributed by atoms with Gasteiger partial charge in [-0.1, -0.05) is 83.5 Å². The maximum atomic E-state index is 2.43. The largest absolute Gasteiger partial charge is 0.0587 e. The number of benzene rings is 2. The molecule has 0 nitrogen and oxygen atoms in total. The van der Waals surface area contributed by atoms with Crippen LogP contribution in [0, 0.1) is 6.92 Å². The summed E-state index contributed by atoms with van der Waals surface area (Å²) in [6, 6.07) is 13.8. The Morgan fingerprint density at radius 1 is 0.636 bits per heavy atom. The lowest BCUT2D eigenvalue weighted by atomic mass is 9.82. The molecule has 0 aromatic heterocycles. The van der Waals surface area contributed by atoms with Gasteiger partial charge in [0.2, 0.25) is 0 Å². The van der Waals surface area contributed by atoms with Crippen molar-refractivity contribution < 1.29 is 0 Å². The molecule has 118 valence electrons. The molecular formula is C22H30. The molecule has 0 saturated heterocycles. The highest BCUT2D eigenvalue weighted by atomic mass is 14.2. The van der Waals surface area contributed by atoms with Crippen molar-refractivity contribution in [1.82, 2.24) is 0 Å². The summed E-state index contributed by atoms with van der Waals surface area (Å²) < 4.78 is 0. The highest BCUT2D eigenvalue weighted by Gasteiger charge is 2.18. The van der Waals surface area contributed by atoms with Gasteiger partial charge in [0.1, 0.15) is 0 Å². The van der Waals surface area contributed by atoms with E-state index in [1.807, 2.05) is 0 Å². The van der Waals surface area contributed by atoms with Gasteiger partial charge in [0.05, 0.1) is 0 Å². The van der Waals surface area contributed by atoms with E-state index in [1.165, 1.54) is 33.4 Å². The molecule has 0 heteroatoms. The van der Waals surface area contributed by atoms with Crippen molar-refractivity contribution in [2.45, 2.75) is 66.2 Å². The lowest BCUT2D eigenvalue weighted by molar-refractivity contribution is 0.807. The van der Waals surface area contributed by atoms with Crippen molar-refractivity contribution in [3.05, 3.63) is 58.7 Å². The molecule has 0 heterocycles. The molecule has 0 bridgehead atoms. The zero-order chi connectivity index (χ0) is 16.4. The summed E-state index contributed by atoms with van der Waals surface area (Å²) >= 11 is 0. The predicted octanol–water partition coefficient (Wildman–Crippen LogP) is 7.03. The van der Waals surface area contributed by atoms with Crippen LogP contribution in [0.5, 0.6) is 0 Å². The first-order chi connectivity index (χ1) is 10.3. The Morgan fingerprint density at radius 3 is 1.45 bits per heavy atom. The van der Waals surface area contributed by atoms with Crippen LogP contribution < -0.4 is 0 Å². The smallest absolute Gasteiger partial charge is 0.0114 e. The molecule has 0 radical (unpaired) electrons. The van der Waals surface area contributed by atoms with Crippen molar-refractivity contribution in [2.24, 2.45) is 0 Å². The maximum absolute atomic E-state index is 2.43. The molecular weight excluding hydrogens is 264 g/mol. The Morgan fingerprint density at radius 2 is 1.09 bits per heavy atom. The van der Waals surface area contributed by atoms with E-state index in [9.17, 15) is 0 Å². The minimum atomic E-state index is 0.535. The number of hydrogen-bond acceptors (Lipinski definition) is 0. The van der Waals surface area contributed by atoms with E-state index in [0.29, 0.717) is 17.8 Å². The second kappa shape index (κ2) is 6.69. The maximum Gasteiger partial charge on any atom is -0.0114 e. The molecule has 0 saturated carbocycles. The Balaban J connectivity index is 2.76.